The van der Waals surface area contributed by atoms with Gasteiger partial charge in [-0.2, -0.15) is 0 Å². The molecule has 0 bridgehead atoms. The van der Waals surface area contributed by atoms with Crippen molar-refractivity contribution in [1.29, 1.82) is 0 Å². The molecule has 0 saturated heterocycles. The van der Waals surface area contributed by atoms with E-state index in [0.29, 0.717) is 19.0 Å². The molecule has 1 aromatic rings. The van der Waals surface area contributed by atoms with E-state index in [9.17, 15) is 4.79 Å². The smallest absolute Gasteiger partial charge is 0.315 e. The number of aliphatic hydroxyl groups excluding tert-OH is 1. The zero-order valence-electron chi connectivity index (χ0n) is 13.5. The number of thiophene rings is 1. The van der Waals surface area contributed by atoms with E-state index in [1.807, 2.05) is 18.3 Å². The van der Waals surface area contributed by atoms with Gasteiger partial charge < -0.3 is 15.7 Å². The molecule has 1 aromatic heterocycles. The molecular weight excluding hydrogens is 298 g/mol. The molecule has 2 rings (SSSR count). The maximum atomic E-state index is 11.9. The average molecular weight is 325 g/mol. The van der Waals surface area contributed by atoms with Crippen molar-refractivity contribution in [3.8, 4) is 0 Å². The quantitative estimate of drug-likeness (QED) is 0.718. The summed E-state index contributed by atoms with van der Waals surface area (Å²) in [4.78, 5) is 15.8. The van der Waals surface area contributed by atoms with E-state index < -0.39 is 0 Å². The van der Waals surface area contributed by atoms with Crippen LogP contribution in [0.3, 0.4) is 0 Å². The van der Waals surface area contributed by atoms with Crippen LogP contribution in [-0.4, -0.2) is 47.8 Å². The summed E-state index contributed by atoms with van der Waals surface area (Å²) in [6.45, 7) is 6.94. The molecule has 0 aliphatic carbocycles. The van der Waals surface area contributed by atoms with Crippen LogP contribution in [0, 0.1) is 0 Å². The van der Waals surface area contributed by atoms with Gasteiger partial charge in [0.05, 0.1) is 0 Å². The largest absolute Gasteiger partial charge is 0.396 e. The lowest BCUT2D eigenvalue weighted by atomic mass is 10.1. The monoisotopic (exact) mass is 325 g/mol. The number of aliphatic hydroxyl groups is 1. The van der Waals surface area contributed by atoms with Crippen molar-refractivity contribution in [2.24, 2.45) is 0 Å². The van der Waals surface area contributed by atoms with E-state index in [4.69, 9.17) is 5.11 Å². The lowest BCUT2D eigenvalue weighted by molar-refractivity contribution is 0.184. The van der Waals surface area contributed by atoms with Crippen LogP contribution in [0.4, 0.5) is 4.79 Å². The van der Waals surface area contributed by atoms with Crippen LogP contribution >= 0.6 is 11.3 Å². The lowest BCUT2D eigenvalue weighted by Gasteiger charge is -2.32. The molecule has 2 atom stereocenters. The number of fused-ring (bicyclic) bond motifs is 1. The number of urea groups is 1. The summed E-state index contributed by atoms with van der Waals surface area (Å²) in [5.74, 6) is 0. The molecule has 22 heavy (non-hydrogen) atoms. The van der Waals surface area contributed by atoms with Gasteiger partial charge in [0, 0.05) is 43.2 Å². The number of rotatable bonds is 7. The Hall–Kier alpha value is -1.11. The van der Waals surface area contributed by atoms with Crippen LogP contribution < -0.4 is 10.6 Å². The number of hydrogen-bond acceptors (Lipinski definition) is 4. The van der Waals surface area contributed by atoms with Gasteiger partial charge in [-0.3, -0.25) is 4.90 Å². The van der Waals surface area contributed by atoms with Gasteiger partial charge in [-0.1, -0.05) is 6.92 Å². The molecule has 0 spiro atoms. The molecule has 5 nitrogen and oxygen atoms in total. The number of nitrogens with zero attached hydrogens (tertiary/aromatic N) is 1. The van der Waals surface area contributed by atoms with Crippen molar-refractivity contribution >= 4 is 17.4 Å². The predicted octanol–water partition coefficient (Wildman–Crippen LogP) is 1.95. The molecule has 0 aromatic carbocycles. The van der Waals surface area contributed by atoms with Crippen molar-refractivity contribution in [3.05, 3.63) is 21.9 Å². The minimum absolute atomic E-state index is 0.0451. The summed E-state index contributed by atoms with van der Waals surface area (Å²) in [7, 11) is 0. The van der Waals surface area contributed by atoms with Crippen LogP contribution in [0.25, 0.3) is 0 Å². The Labute approximate surface area is 136 Å². The van der Waals surface area contributed by atoms with Crippen LogP contribution in [0.15, 0.2) is 11.4 Å². The Morgan fingerprint density at radius 2 is 2.36 bits per heavy atom. The molecule has 2 heterocycles. The number of hydrogen-bond donors (Lipinski definition) is 3. The second-order valence-corrected chi connectivity index (χ2v) is 6.91. The molecule has 1 aliphatic rings. The van der Waals surface area contributed by atoms with E-state index in [1.165, 1.54) is 10.4 Å². The maximum absolute atomic E-state index is 11.9. The highest BCUT2D eigenvalue weighted by molar-refractivity contribution is 7.10. The highest BCUT2D eigenvalue weighted by Crippen LogP contribution is 2.24. The highest BCUT2D eigenvalue weighted by atomic mass is 32.1. The Kier molecular flexibility index (Phi) is 6.67. The van der Waals surface area contributed by atoms with Gasteiger partial charge in [0.15, 0.2) is 0 Å². The molecular formula is C16H27N3O2S. The van der Waals surface area contributed by atoms with Gasteiger partial charge >= 0.3 is 6.03 Å². The molecule has 6 heteroatoms. The minimum Gasteiger partial charge on any atom is -0.396 e. The van der Waals surface area contributed by atoms with Crippen molar-refractivity contribution < 1.29 is 9.90 Å². The predicted molar refractivity (Wildman–Crippen MR) is 90.2 cm³/mol. The van der Waals surface area contributed by atoms with Crippen LogP contribution in [0.1, 0.15) is 37.1 Å². The summed E-state index contributed by atoms with van der Waals surface area (Å²) in [5, 5.41) is 17.0. The Balaban J connectivity index is 1.73. The van der Waals surface area contributed by atoms with Gasteiger partial charge in [0.1, 0.15) is 0 Å². The van der Waals surface area contributed by atoms with Crippen molar-refractivity contribution in [1.82, 2.24) is 15.5 Å². The zero-order valence-corrected chi connectivity index (χ0v) is 14.3. The number of carbonyl (C=O) groups is 1. The molecule has 2 unspecified atom stereocenters. The summed E-state index contributed by atoms with van der Waals surface area (Å²) < 4.78 is 0. The first-order valence-corrected chi connectivity index (χ1v) is 8.96. The minimum atomic E-state index is -0.139. The molecule has 0 radical (unpaired) electrons. The first-order chi connectivity index (χ1) is 10.6. The molecule has 124 valence electrons. The Bertz CT molecular complexity index is 478. The number of amides is 2. The fourth-order valence-corrected chi connectivity index (χ4v) is 3.68. The van der Waals surface area contributed by atoms with Crippen LogP contribution in [0.2, 0.25) is 0 Å². The van der Waals surface area contributed by atoms with E-state index >= 15 is 0 Å². The first-order valence-electron chi connectivity index (χ1n) is 8.08. The van der Waals surface area contributed by atoms with E-state index in [-0.39, 0.29) is 18.7 Å². The van der Waals surface area contributed by atoms with Gasteiger partial charge in [-0.15, -0.1) is 11.3 Å². The topological polar surface area (TPSA) is 64.6 Å². The van der Waals surface area contributed by atoms with Gasteiger partial charge in [-0.25, -0.2) is 4.79 Å². The Morgan fingerprint density at radius 3 is 3.09 bits per heavy atom. The molecule has 3 N–H and O–H groups in total. The van der Waals surface area contributed by atoms with Crippen molar-refractivity contribution in [2.45, 2.75) is 51.7 Å². The van der Waals surface area contributed by atoms with E-state index in [0.717, 1.165) is 25.9 Å². The van der Waals surface area contributed by atoms with Crippen molar-refractivity contribution in [2.75, 3.05) is 19.7 Å². The van der Waals surface area contributed by atoms with Gasteiger partial charge in [-0.05, 0) is 43.2 Å². The van der Waals surface area contributed by atoms with Gasteiger partial charge in [0.25, 0.3) is 0 Å². The molecule has 2 amide bonds. The van der Waals surface area contributed by atoms with Crippen LogP contribution in [0.5, 0.6) is 0 Å². The standard InChI is InChI=1S/C16H27N3O2S/c1-3-14(5-8-20)18-16(21)17-10-12(2)19-7-4-15-13(11-19)6-9-22-15/h6,9,12,14,20H,3-5,7-8,10-11H2,1-2H3,(H2,17,18,21). The third-order valence-corrected chi connectivity index (χ3v) is 5.35. The summed E-state index contributed by atoms with van der Waals surface area (Å²) in [6, 6.07) is 2.43. The third kappa shape index (κ3) is 4.69. The maximum Gasteiger partial charge on any atom is 0.315 e. The second-order valence-electron chi connectivity index (χ2n) is 5.91. The average Bonchev–Trinajstić information content (AvgIpc) is 2.99. The lowest BCUT2D eigenvalue weighted by Crippen LogP contribution is -2.48. The number of nitrogens with one attached hydrogen (secondary N) is 2. The molecule has 1 aliphatic heterocycles. The fourth-order valence-electron chi connectivity index (χ4n) is 2.79. The molecule has 0 fully saturated rings. The molecule has 0 saturated carbocycles. The zero-order chi connectivity index (χ0) is 15.9. The normalized spacial score (nSPS) is 17.6. The Morgan fingerprint density at radius 1 is 1.55 bits per heavy atom. The summed E-state index contributed by atoms with van der Waals surface area (Å²) in [6.07, 6.45) is 2.54. The van der Waals surface area contributed by atoms with E-state index in [1.54, 1.807) is 0 Å². The van der Waals surface area contributed by atoms with Crippen LogP contribution in [-0.2, 0) is 13.0 Å². The van der Waals surface area contributed by atoms with Gasteiger partial charge in [0.2, 0.25) is 0 Å². The highest BCUT2D eigenvalue weighted by Gasteiger charge is 2.21. The summed E-state index contributed by atoms with van der Waals surface area (Å²) in [5.41, 5.74) is 1.43. The first kappa shape index (κ1) is 17.2. The fraction of sp³-hybridized carbons (Fsp3) is 0.688. The summed E-state index contributed by atoms with van der Waals surface area (Å²) >= 11 is 1.84. The van der Waals surface area contributed by atoms with E-state index in [2.05, 4.69) is 33.9 Å². The number of carbonyl (C=O) groups excluding carboxylic acids is 1. The second kappa shape index (κ2) is 8.50. The SMILES string of the molecule is CCC(CCO)NC(=O)NCC(C)N1CCc2sccc2C1. The van der Waals surface area contributed by atoms with Crippen molar-refractivity contribution in [3.63, 3.8) is 0 Å². The third-order valence-electron chi connectivity index (χ3n) is 4.32.